The highest BCUT2D eigenvalue weighted by Crippen LogP contribution is 2.21. The van der Waals surface area contributed by atoms with E-state index in [1.807, 2.05) is 40.7 Å². The van der Waals surface area contributed by atoms with Crippen LogP contribution >= 0.6 is 0 Å². The standard InChI is InChI=1S/C18H28N4O3/c1-6-19-16(23)14-7-8-15(13(2)20-14)21-9-11-22(12-10-21)17(24)25-18(3,4)5/h7-8H,6,9-12H2,1-5H3,(H,19,23). The van der Waals surface area contributed by atoms with Crippen LogP contribution in [0.4, 0.5) is 10.5 Å². The zero-order valence-electron chi connectivity index (χ0n) is 15.8. The second-order valence-corrected chi connectivity index (χ2v) is 7.11. The topological polar surface area (TPSA) is 74.8 Å². The Labute approximate surface area is 149 Å². The number of carbonyl (C=O) groups is 2. The van der Waals surface area contributed by atoms with Crippen molar-refractivity contribution in [1.29, 1.82) is 0 Å². The Bertz CT molecular complexity index is 632. The molecular formula is C18H28N4O3. The fourth-order valence-corrected chi connectivity index (χ4v) is 2.72. The molecule has 1 aliphatic rings. The summed E-state index contributed by atoms with van der Waals surface area (Å²) in [5.41, 5.74) is 1.76. The number of hydrogen-bond acceptors (Lipinski definition) is 5. The van der Waals surface area contributed by atoms with Crippen molar-refractivity contribution in [2.24, 2.45) is 0 Å². The lowest BCUT2D eigenvalue weighted by Crippen LogP contribution is -2.50. The highest BCUT2D eigenvalue weighted by atomic mass is 16.6. The molecule has 1 N–H and O–H groups in total. The van der Waals surface area contributed by atoms with Crippen molar-refractivity contribution < 1.29 is 14.3 Å². The molecule has 7 heteroatoms. The lowest BCUT2D eigenvalue weighted by molar-refractivity contribution is 0.0240. The van der Waals surface area contributed by atoms with Gasteiger partial charge in [0.15, 0.2) is 0 Å². The highest BCUT2D eigenvalue weighted by Gasteiger charge is 2.26. The molecule has 2 rings (SSSR count). The number of hydrogen-bond donors (Lipinski definition) is 1. The molecule has 0 radical (unpaired) electrons. The van der Waals surface area contributed by atoms with Gasteiger partial charge in [0, 0.05) is 32.7 Å². The van der Waals surface area contributed by atoms with Gasteiger partial charge < -0.3 is 19.9 Å². The number of aromatic nitrogens is 1. The average molecular weight is 348 g/mol. The maximum atomic E-state index is 12.1. The number of nitrogens with one attached hydrogen (secondary N) is 1. The summed E-state index contributed by atoms with van der Waals surface area (Å²) in [6.07, 6.45) is -0.270. The molecular weight excluding hydrogens is 320 g/mol. The Kier molecular flexibility index (Phi) is 5.87. The first-order valence-electron chi connectivity index (χ1n) is 8.70. The molecule has 1 aliphatic heterocycles. The number of nitrogens with zero attached hydrogens (tertiary/aromatic N) is 3. The van der Waals surface area contributed by atoms with E-state index in [2.05, 4.69) is 15.2 Å². The van der Waals surface area contributed by atoms with Crippen LogP contribution in [-0.4, -0.2) is 60.2 Å². The number of pyridine rings is 1. The molecule has 1 fully saturated rings. The molecule has 0 bridgehead atoms. The molecule has 0 atom stereocenters. The zero-order chi connectivity index (χ0) is 18.6. The predicted octanol–water partition coefficient (Wildman–Crippen LogP) is 2.20. The minimum atomic E-state index is -0.483. The van der Waals surface area contributed by atoms with E-state index in [9.17, 15) is 9.59 Å². The van der Waals surface area contributed by atoms with Crippen LogP contribution < -0.4 is 10.2 Å². The molecule has 2 amide bonds. The largest absolute Gasteiger partial charge is 0.444 e. The van der Waals surface area contributed by atoms with Crippen LogP contribution in [0.3, 0.4) is 0 Å². The quantitative estimate of drug-likeness (QED) is 0.906. The van der Waals surface area contributed by atoms with Crippen LogP contribution in [0, 0.1) is 6.92 Å². The number of rotatable bonds is 3. The van der Waals surface area contributed by atoms with E-state index in [-0.39, 0.29) is 12.0 Å². The molecule has 138 valence electrons. The van der Waals surface area contributed by atoms with Gasteiger partial charge in [0.2, 0.25) is 0 Å². The third kappa shape index (κ3) is 5.08. The van der Waals surface area contributed by atoms with E-state index >= 15 is 0 Å². The van der Waals surface area contributed by atoms with Crippen molar-refractivity contribution in [2.45, 2.75) is 40.2 Å². The molecule has 1 saturated heterocycles. The lowest BCUT2D eigenvalue weighted by atomic mass is 10.2. The third-order valence-electron chi connectivity index (χ3n) is 3.90. The summed E-state index contributed by atoms with van der Waals surface area (Å²) in [5.74, 6) is -0.160. The van der Waals surface area contributed by atoms with E-state index < -0.39 is 5.60 Å². The monoisotopic (exact) mass is 348 g/mol. The molecule has 0 spiro atoms. The second-order valence-electron chi connectivity index (χ2n) is 7.11. The van der Waals surface area contributed by atoms with Crippen LogP contribution in [0.25, 0.3) is 0 Å². The molecule has 0 unspecified atom stereocenters. The van der Waals surface area contributed by atoms with Crippen molar-refractivity contribution in [2.75, 3.05) is 37.6 Å². The van der Waals surface area contributed by atoms with Gasteiger partial charge in [-0.25, -0.2) is 9.78 Å². The number of ether oxygens (including phenoxy) is 1. The van der Waals surface area contributed by atoms with Crippen molar-refractivity contribution in [3.05, 3.63) is 23.5 Å². The summed E-state index contributed by atoms with van der Waals surface area (Å²) in [6, 6.07) is 3.67. The summed E-state index contributed by atoms with van der Waals surface area (Å²) in [5, 5.41) is 2.75. The number of aryl methyl sites for hydroxylation is 1. The van der Waals surface area contributed by atoms with Crippen LogP contribution in [0.5, 0.6) is 0 Å². The Hall–Kier alpha value is -2.31. The van der Waals surface area contributed by atoms with E-state index in [0.717, 1.165) is 11.4 Å². The first kappa shape index (κ1) is 19.0. The minimum absolute atomic E-state index is 0.160. The van der Waals surface area contributed by atoms with Crippen LogP contribution in [0.2, 0.25) is 0 Å². The Morgan fingerprint density at radius 2 is 1.84 bits per heavy atom. The normalized spacial score (nSPS) is 15.1. The van der Waals surface area contributed by atoms with Crippen molar-refractivity contribution in [3.63, 3.8) is 0 Å². The first-order chi connectivity index (χ1) is 11.7. The molecule has 0 aromatic carbocycles. The van der Waals surface area contributed by atoms with Gasteiger partial charge in [-0.2, -0.15) is 0 Å². The average Bonchev–Trinajstić information content (AvgIpc) is 2.53. The number of piperazine rings is 1. The van der Waals surface area contributed by atoms with E-state index in [1.54, 1.807) is 11.0 Å². The van der Waals surface area contributed by atoms with Crippen molar-refractivity contribution >= 4 is 17.7 Å². The Balaban J connectivity index is 1.99. The Morgan fingerprint density at radius 3 is 2.36 bits per heavy atom. The van der Waals surface area contributed by atoms with Gasteiger partial charge in [-0.1, -0.05) is 0 Å². The number of amides is 2. The van der Waals surface area contributed by atoms with Gasteiger partial charge in [0.25, 0.3) is 5.91 Å². The first-order valence-corrected chi connectivity index (χ1v) is 8.70. The maximum absolute atomic E-state index is 12.1. The second kappa shape index (κ2) is 7.72. The fourth-order valence-electron chi connectivity index (χ4n) is 2.72. The van der Waals surface area contributed by atoms with Crippen LogP contribution in [0.1, 0.15) is 43.9 Å². The smallest absolute Gasteiger partial charge is 0.410 e. The SMILES string of the molecule is CCNC(=O)c1ccc(N2CCN(C(=O)OC(C)(C)C)CC2)c(C)n1. The number of anilines is 1. The highest BCUT2D eigenvalue weighted by molar-refractivity contribution is 5.92. The van der Waals surface area contributed by atoms with E-state index in [4.69, 9.17) is 4.74 Å². The summed E-state index contributed by atoms with van der Waals surface area (Å²) >= 11 is 0. The minimum Gasteiger partial charge on any atom is -0.444 e. The predicted molar refractivity (Wildman–Crippen MR) is 97.0 cm³/mol. The Morgan fingerprint density at radius 1 is 1.20 bits per heavy atom. The van der Waals surface area contributed by atoms with Crippen molar-refractivity contribution in [3.8, 4) is 0 Å². The van der Waals surface area contributed by atoms with Gasteiger partial charge in [0.05, 0.1) is 11.4 Å². The third-order valence-corrected chi connectivity index (χ3v) is 3.90. The number of carbonyl (C=O) groups excluding carboxylic acids is 2. The summed E-state index contributed by atoms with van der Waals surface area (Å²) in [7, 11) is 0. The summed E-state index contributed by atoms with van der Waals surface area (Å²) in [6.45, 7) is 12.6. The van der Waals surface area contributed by atoms with Crippen molar-refractivity contribution in [1.82, 2.24) is 15.2 Å². The molecule has 25 heavy (non-hydrogen) atoms. The summed E-state index contributed by atoms with van der Waals surface area (Å²) < 4.78 is 5.42. The molecule has 7 nitrogen and oxygen atoms in total. The van der Waals surface area contributed by atoms with Crippen LogP contribution in [-0.2, 0) is 4.74 Å². The maximum Gasteiger partial charge on any atom is 0.410 e. The van der Waals surface area contributed by atoms with Gasteiger partial charge in [0.1, 0.15) is 11.3 Å². The molecule has 1 aromatic heterocycles. The van der Waals surface area contributed by atoms with Gasteiger partial charge in [-0.05, 0) is 46.8 Å². The molecule has 0 aliphatic carbocycles. The molecule has 2 heterocycles. The zero-order valence-corrected chi connectivity index (χ0v) is 15.8. The summed E-state index contributed by atoms with van der Waals surface area (Å²) in [4.78, 5) is 32.3. The van der Waals surface area contributed by atoms with Crippen LogP contribution in [0.15, 0.2) is 12.1 Å². The fraction of sp³-hybridized carbons (Fsp3) is 0.611. The van der Waals surface area contributed by atoms with E-state index in [0.29, 0.717) is 38.4 Å². The molecule has 1 aromatic rings. The van der Waals surface area contributed by atoms with E-state index in [1.165, 1.54) is 0 Å². The molecule has 0 saturated carbocycles. The lowest BCUT2D eigenvalue weighted by Gasteiger charge is -2.37. The van der Waals surface area contributed by atoms with Gasteiger partial charge in [-0.15, -0.1) is 0 Å². The van der Waals surface area contributed by atoms with Gasteiger partial charge >= 0.3 is 6.09 Å². The van der Waals surface area contributed by atoms with Gasteiger partial charge in [-0.3, -0.25) is 4.79 Å².